The molecule has 0 unspecified atom stereocenters. The summed E-state index contributed by atoms with van der Waals surface area (Å²) in [6, 6.07) is 9.38. The molecule has 0 radical (unpaired) electrons. The molecule has 0 aliphatic carbocycles. The summed E-state index contributed by atoms with van der Waals surface area (Å²) in [6.07, 6.45) is 0.665. The number of aryl methyl sites for hydroxylation is 2. The summed E-state index contributed by atoms with van der Waals surface area (Å²) in [4.78, 5) is 35.6. The van der Waals surface area contributed by atoms with Crippen molar-refractivity contribution in [2.45, 2.75) is 53.9 Å². The molecule has 3 aromatic rings. The van der Waals surface area contributed by atoms with Crippen molar-refractivity contribution in [3.8, 4) is 5.75 Å². The summed E-state index contributed by atoms with van der Waals surface area (Å²) >= 11 is 0. The van der Waals surface area contributed by atoms with E-state index in [-0.39, 0.29) is 37.7 Å². The number of carbonyl (C=O) groups excluding carboxylic acids is 2. The minimum absolute atomic E-state index is 0.197. The number of hydrogen-bond acceptors (Lipinski definition) is 9. The standard InChI is InChI=1S/C28H39N2O7P/c1-7-35-26(32)15-29-38(34,30-16-27(33)36-8-2)28-14-23-19(6)22(18(5)11-25(23)37-28)13-20-9-10-24(31)21(12-20)17(3)4/h9-12,14,17,29-31,34,38H,7-8,13,15-16H2,1-6H3. The Kier molecular flexibility index (Phi) is 9.90. The summed E-state index contributed by atoms with van der Waals surface area (Å²) in [7, 11) is -3.85. The van der Waals surface area contributed by atoms with Gasteiger partial charge < -0.3 is 0 Å². The Labute approximate surface area is 224 Å². The van der Waals surface area contributed by atoms with Gasteiger partial charge in [-0.1, -0.05) is 0 Å². The van der Waals surface area contributed by atoms with Crippen molar-refractivity contribution in [1.82, 2.24) is 10.2 Å². The van der Waals surface area contributed by atoms with Crippen LogP contribution in [0, 0.1) is 13.8 Å². The Hall–Kier alpha value is -2.97. The van der Waals surface area contributed by atoms with Gasteiger partial charge in [0.1, 0.15) is 0 Å². The van der Waals surface area contributed by atoms with Gasteiger partial charge in [-0.25, -0.2) is 0 Å². The van der Waals surface area contributed by atoms with E-state index in [0.717, 1.165) is 33.2 Å². The number of fused-ring (bicyclic) bond motifs is 1. The van der Waals surface area contributed by atoms with E-state index in [2.05, 4.69) is 10.2 Å². The van der Waals surface area contributed by atoms with Gasteiger partial charge in [-0.15, -0.1) is 0 Å². The molecule has 0 amide bonds. The number of esters is 2. The molecular weight excluding hydrogens is 507 g/mol. The number of phenolic OH excluding ortho intramolecular Hbond substituents is 1. The van der Waals surface area contributed by atoms with Crippen LogP contribution in [-0.4, -0.2) is 48.2 Å². The monoisotopic (exact) mass is 546 g/mol. The van der Waals surface area contributed by atoms with Crippen LogP contribution in [0.1, 0.15) is 61.4 Å². The molecule has 208 valence electrons. The molecule has 0 fully saturated rings. The molecular formula is C28H39N2O7P. The fourth-order valence-electron chi connectivity index (χ4n) is 4.44. The van der Waals surface area contributed by atoms with E-state index < -0.39 is 19.7 Å². The Morgan fingerprint density at radius 2 is 1.61 bits per heavy atom. The maximum absolute atomic E-state index is 12.0. The molecule has 0 bridgehead atoms. The van der Waals surface area contributed by atoms with Crippen LogP contribution in [0.3, 0.4) is 0 Å². The molecule has 0 aliphatic heterocycles. The molecule has 9 nitrogen and oxygen atoms in total. The molecule has 38 heavy (non-hydrogen) atoms. The molecule has 1 aromatic heterocycles. The number of aromatic hydroxyl groups is 1. The van der Waals surface area contributed by atoms with Gasteiger partial charge in [-0.2, -0.15) is 0 Å². The molecule has 0 saturated carbocycles. The predicted molar refractivity (Wildman–Crippen MR) is 150 cm³/mol. The first-order chi connectivity index (χ1) is 18.0. The van der Waals surface area contributed by atoms with E-state index >= 15 is 0 Å². The van der Waals surface area contributed by atoms with Crippen LogP contribution in [0.25, 0.3) is 11.0 Å². The van der Waals surface area contributed by atoms with Crippen molar-refractivity contribution in [2.24, 2.45) is 0 Å². The minimum atomic E-state index is -3.85. The summed E-state index contributed by atoms with van der Waals surface area (Å²) in [5.74, 6) is -0.571. The second kappa shape index (κ2) is 12.7. The first kappa shape index (κ1) is 29.6. The molecule has 0 spiro atoms. The van der Waals surface area contributed by atoms with Crippen molar-refractivity contribution < 1.29 is 33.5 Å². The number of furan rings is 1. The zero-order valence-electron chi connectivity index (χ0n) is 22.9. The van der Waals surface area contributed by atoms with E-state index in [1.54, 1.807) is 26.0 Å². The maximum atomic E-state index is 12.0. The first-order valence-electron chi connectivity index (χ1n) is 12.9. The SMILES string of the molecule is CCOC(=O)CN[PH](O)(NCC(=O)OCC)c1cc2c(C)c(Cc3ccc(O)c(C(C)C)c3)c(C)cc2o1. The van der Waals surface area contributed by atoms with Crippen molar-refractivity contribution in [3.05, 3.63) is 58.1 Å². The Balaban J connectivity index is 1.98. The summed E-state index contributed by atoms with van der Waals surface area (Å²) < 4.78 is 16.1. The van der Waals surface area contributed by atoms with Gasteiger partial charge in [0.15, 0.2) is 0 Å². The van der Waals surface area contributed by atoms with Gasteiger partial charge in [0, 0.05) is 0 Å². The Bertz CT molecular complexity index is 1280. The second-order valence-electron chi connectivity index (χ2n) is 9.57. The average molecular weight is 547 g/mol. The van der Waals surface area contributed by atoms with E-state index in [4.69, 9.17) is 13.9 Å². The number of hydrogen-bond donors (Lipinski definition) is 4. The van der Waals surface area contributed by atoms with Crippen molar-refractivity contribution in [2.75, 3.05) is 26.3 Å². The van der Waals surface area contributed by atoms with E-state index in [1.165, 1.54) is 0 Å². The molecule has 0 atom stereocenters. The second-order valence-corrected chi connectivity index (χ2v) is 12.2. The number of rotatable bonds is 12. The number of ether oxygens (including phenoxy) is 2. The van der Waals surface area contributed by atoms with E-state index in [9.17, 15) is 19.6 Å². The molecule has 4 N–H and O–H groups in total. The van der Waals surface area contributed by atoms with Crippen LogP contribution in [0.5, 0.6) is 5.75 Å². The van der Waals surface area contributed by atoms with E-state index in [0.29, 0.717) is 17.8 Å². The fraction of sp³-hybridized carbons (Fsp3) is 0.429. The third kappa shape index (κ3) is 6.91. The summed E-state index contributed by atoms with van der Waals surface area (Å²) in [6.45, 7) is 11.4. The molecule has 3 rings (SSSR count). The fourth-order valence-corrected chi connectivity index (χ4v) is 6.32. The number of nitrogens with one attached hydrogen (secondary N) is 2. The third-order valence-electron chi connectivity index (χ3n) is 6.48. The van der Waals surface area contributed by atoms with Crippen LogP contribution in [-0.2, 0) is 25.5 Å². The van der Waals surface area contributed by atoms with E-state index in [1.807, 2.05) is 45.9 Å². The van der Waals surface area contributed by atoms with Crippen molar-refractivity contribution in [1.29, 1.82) is 0 Å². The zero-order valence-corrected chi connectivity index (χ0v) is 23.9. The predicted octanol–water partition coefficient (Wildman–Crippen LogP) is 3.89. The van der Waals surface area contributed by atoms with Crippen LogP contribution in [0.4, 0.5) is 0 Å². The van der Waals surface area contributed by atoms with Gasteiger partial charge >= 0.3 is 224 Å². The van der Waals surface area contributed by atoms with Gasteiger partial charge in [-0.05, 0) is 0 Å². The number of benzene rings is 2. The van der Waals surface area contributed by atoms with Crippen LogP contribution in [0.15, 0.2) is 34.7 Å². The average Bonchev–Trinajstić information content (AvgIpc) is 3.30. The number of carbonyl (C=O) groups is 2. The number of phenols is 1. The quantitative estimate of drug-likeness (QED) is 0.197. The molecule has 0 saturated heterocycles. The van der Waals surface area contributed by atoms with Gasteiger partial charge in [0.25, 0.3) is 0 Å². The Morgan fingerprint density at radius 3 is 2.16 bits per heavy atom. The molecule has 10 heteroatoms. The zero-order chi connectivity index (χ0) is 28.0. The normalized spacial score (nSPS) is 12.2. The molecule has 2 aromatic carbocycles. The Morgan fingerprint density at radius 1 is 1.00 bits per heavy atom. The summed E-state index contributed by atoms with van der Waals surface area (Å²) in [5.41, 5.74) is 5.95. The molecule has 0 aliphatic rings. The van der Waals surface area contributed by atoms with Crippen molar-refractivity contribution >= 4 is 36.2 Å². The van der Waals surface area contributed by atoms with Crippen LogP contribution in [0.2, 0.25) is 0 Å². The topological polar surface area (TPSA) is 130 Å². The summed E-state index contributed by atoms with van der Waals surface area (Å²) in [5, 5.41) is 16.7. The first-order valence-corrected chi connectivity index (χ1v) is 14.8. The molecule has 1 heterocycles. The third-order valence-corrected chi connectivity index (χ3v) is 8.82. The van der Waals surface area contributed by atoms with Crippen LogP contribution >= 0.6 is 7.79 Å². The van der Waals surface area contributed by atoms with Crippen LogP contribution < -0.4 is 15.7 Å². The van der Waals surface area contributed by atoms with Crippen molar-refractivity contribution in [3.63, 3.8) is 0 Å². The van der Waals surface area contributed by atoms with Gasteiger partial charge in [0.2, 0.25) is 0 Å². The van der Waals surface area contributed by atoms with Gasteiger partial charge in [-0.3, -0.25) is 0 Å². The van der Waals surface area contributed by atoms with Gasteiger partial charge in [0.05, 0.1) is 0 Å².